The van der Waals surface area contributed by atoms with E-state index >= 15 is 0 Å². The summed E-state index contributed by atoms with van der Waals surface area (Å²) in [4.78, 5) is 11.5. The van der Waals surface area contributed by atoms with Crippen LogP contribution >= 0.6 is 12.4 Å². The first-order valence-electron chi connectivity index (χ1n) is 6.57. The highest BCUT2D eigenvalue weighted by molar-refractivity contribution is 5.85. The lowest BCUT2D eigenvalue weighted by Gasteiger charge is -2.35. The Morgan fingerprint density at radius 2 is 2.00 bits per heavy atom. The summed E-state index contributed by atoms with van der Waals surface area (Å²) in [5.74, 6) is 0.962. The minimum Gasteiger partial charge on any atom is -0.351 e. The van der Waals surface area contributed by atoms with Gasteiger partial charge in [-0.05, 0) is 31.4 Å². The molecule has 102 valence electrons. The van der Waals surface area contributed by atoms with Gasteiger partial charge in [-0.15, -0.1) is 12.4 Å². The molecule has 1 aromatic carbocycles. The Bertz CT molecular complexity index is 546. The normalized spacial score (nSPS) is 19.2. The third-order valence-corrected chi connectivity index (χ3v) is 3.63. The van der Waals surface area contributed by atoms with Crippen molar-refractivity contribution in [1.82, 2.24) is 9.97 Å². The summed E-state index contributed by atoms with van der Waals surface area (Å²) in [6.45, 7) is 1.73. The Kier molecular flexibility index (Phi) is 4.56. The molecule has 4 nitrogen and oxygen atoms in total. The molecule has 1 saturated heterocycles. The number of anilines is 1. The van der Waals surface area contributed by atoms with Crippen molar-refractivity contribution >= 4 is 29.3 Å². The lowest BCUT2D eigenvalue weighted by molar-refractivity contribution is 0.462. The third-order valence-electron chi connectivity index (χ3n) is 3.63. The smallest absolute Gasteiger partial charge is 0.148 e. The maximum absolute atomic E-state index is 5.85. The first-order chi connectivity index (χ1) is 8.88. The van der Waals surface area contributed by atoms with E-state index in [1.54, 1.807) is 0 Å². The van der Waals surface area contributed by atoms with E-state index in [4.69, 9.17) is 10.7 Å². The fourth-order valence-corrected chi connectivity index (χ4v) is 2.63. The predicted octanol–water partition coefficient (Wildman–Crippen LogP) is 2.37. The van der Waals surface area contributed by atoms with Gasteiger partial charge in [0.05, 0.1) is 17.2 Å². The summed E-state index contributed by atoms with van der Waals surface area (Å²) in [7, 11) is 0. The molecular formula is C14H19ClN4. The molecule has 0 radical (unpaired) electrons. The number of halogens is 1. The minimum atomic E-state index is 0. The Labute approximate surface area is 119 Å². The topological polar surface area (TPSA) is 55.0 Å². The van der Waals surface area contributed by atoms with Crippen LogP contribution in [0.3, 0.4) is 0 Å². The van der Waals surface area contributed by atoms with E-state index in [-0.39, 0.29) is 12.4 Å². The zero-order valence-corrected chi connectivity index (χ0v) is 11.6. The van der Waals surface area contributed by atoms with Gasteiger partial charge in [0.2, 0.25) is 0 Å². The number of hydrogen-bond donors (Lipinski definition) is 1. The van der Waals surface area contributed by atoms with Crippen LogP contribution in [0.15, 0.2) is 30.5 Å². The Balaban J connectivity index is 0.00000133. The summed E-state index contributed by atoms with van der Waals surface area (Å²) in [6.07, 6.45) is 5.51. The average Bonchev–Trinajstić information content (AvgIpc) is 2.46. The number of aromatic nitrogens is 2. The van der Waals surface area contributed by atoms with Gasteiger partial charge in [0.15, 0.2) is 0 Å². The minimum absolute atomic E-state index is 0. The quantitative estimate of drug-likeness (QED) is 0.916. The van der Waals surface area contributed by atoms with Gasteiger partial charge in [-0.25, -0.2) is 4.98 Å². The molecule has 0 aliphatic carbocycles. The molecule has 2 heterocycles. The lowest BCUT2D eigenvalue weighted by Crippen LogP contribution is -2.44. The van der Waals surface area contributed by atoms with Gasteiger partial charge < -0.3 is 10.6 Å². The van der Waals surface area contributed by atoms with Gasteiger partial charge in [-0.2, -0.15) is 0 Å². The summed E-state index contributed by atoms with van der Waals surface area (Å²) in [6, 6.07) is 8.39. The van der Waals surface area contributed by atoms with Crippen LogP contribution in [0.4, 0.5) is 5.82 Å². The number of hydrogen-bond acceptors (Lipinski definition) is 4. The molecule has 19 heavy (non-hydrogen) atoms. The monoisotopic (exact) mass is 278 g/mol. The van der Waals surface area contributed by atoms with E-state index in [1.165, 1.54) is 12.8 Å². The van der Waals surface area contributed by atoms with Gasteiger partial charge in [0.25, 0.3) is 0 Å². The molecule has 0 saturated carbocycles. The number of piperidine rings is 1. The molecule has 5 heteroatoms. The third kappa shape index (κ3) is 2.80. The van der Waals surface area contributed by atoms with Gasteiger partial charge >= 0.3 is 0 Å². The summed E-state index contributed by atoms with van der Waals surface area (Å²) in [5, 5.41) is 0. The molecule has 0 amide bonds. The van der Waals surface area contributed by atoms with Gasteiger partial charge in [0.1, 0.15) is 5.82 Å². The van der Waals surface area contributed by atoms with Crippen LogP contribution in [0.2, 0.25) is 0 Å². The molecule has 2 aromatic rings. The zero-order valence-electron chi connectivity index (χ0n) is 10.8. The van der Waals surface area contributed by atoms with E-state index in [1.807, 2.05) is 30.5 Å². The van der Waals surface area contributed by atoms with Crippen molar-refractivity contribution in [1.29, 1.82) is 0 Å². The molecule has 1 aliphatic heterocycles. The Morgan fingerprint density at radius 3 is 2.79 bits per heavy atom. The Hall–Kier alpha value is -1.39. The molecule has 1 unspecified atom stereocenters. The second-order valence-corrected chi connectivity index (χ2v) is 4.80. The van der Waals surface area contributed by atoms with Crippen LogP contribution in [0, 0.1) is 0 Å². The van der Waals surface area contributed by atoms with Crippen LogP contribution in [-0.4, -0.2) is 29.1 Å². The van der Waals surface area contributed by atoms with E-state index in [0.717, 1.165) is 29.8 Å². The SMILES string of the molecule is Cl.NCC1CCCCN1c1cnc2ccccc2n1. The second-order valence-electron chi connectivity index (χ2n) is 4.80. The van der Waals surface area contributed by atoms with Crippen molar-refractivity contribution in [3.63, 3.8) is 0 Å². The molecule has 0 spiro atoms. The summed E-state index contributed by atoms with van der Waals surface area (Å²) < 4.78 is 0. The fraction of sp³-hybridized carbons (Fsp3) is 0.429. The number of benzene rings is 1. The molecule has 3 rings (SSSR count). The molecule has 0 bridgehead atoms. The van der Waals surface area contributed by atoms with Crippen molar-refractivity contribution in [2.24, 2.45) is 5.73 Å². The highest BCUT2D eigenvalue weighted by Gasteiger charge is 2.22. The summed E-state index contributed by atoms with van der Waals surface area (Å²) >= 11 is 0. The number of rotatable bonds is 2. The van der Waals surface area contributed by atoms with Crippen LogP contribution in [0.1, 0.15) is 19.3 Å². The van der Waals surface area contributed by atoms with Gasteiger partial charge in [-0.1, -0.05) is 12.1 Å². The van der Waals surface area contributed by atoms with Crippen LogP contribution in [0.25, 0.3) is 11.0 Å². The molecular weight excluding hydrogens is 260 g/mol. The van der Waals surface area contributed by atoms with Crippen molar-refractivity contribution in [2.45, 2.75) is 25.3 Å². The molecule has 2 N–H and O–H groups in total. The highest BCUT2D eigenvalue weighted by Crippen LogP contribution is 2.23. The van der Waals surface area contributed by atoms with Crippen molar-refractivity contribution < 1.29 is 0 Å². The van der Waals surface area contributed by atoms with E-state index in [9.17, 15) is 0 Å². The van der Waals surface area contributed by atoms with Gasteiger partial charge in [0, 0.05) is 19.1 Å². The number of nitrogens with two attached hydrogens (primary N) is 1. The first kappa shape index (κ1) is 14.0. The zero-order chi connectivity index (χ0) is 12.4. The number of para-hydroxylation sites is 2. The largest absolute Gasteiger partial charge is 0.351 e. The standard InChI is InChI=1S/C14H18N4.ClH/c15-9-11-5-3-4-8-18(11)14-10-16-12-6-1-2-7-13(12)17-14;/h1-2,6-7,10-11H,3-5,8-9,15H2;1H. The summed E-state index contributed by atoms with van der Waals surface area (Å²) in [5.41, 5.74) is 7.76. The van der Waals surface area contributed by atoms with Crippen LogP contribution < -0.4 is 10.6 Å². The Morgan fingerprint density at radius 1 is 1.21 bits per heavy atom. The second kappa shape index (κ2) is 6.17. The number of nitrogens with zero attached hydrogens (tertiary/aromatic N) is 3. The maximum Gasteiger partial charge on any atom is 0.148 e. The number of fused-ring (bicyclic) bond motifs is 1. The van der Waals surface area contributed by atoms with Crippen molar-refractivity contribution in [3.8, 4) is 0 Å². The van der Waals surface area contributed by atoms with Crippen LogP contribution in [0.5, 0.6) is 0 Å². The highest BCUT2D eigenvalue weighted by atomic mass is 35.5. The van der Waals surface area contributed by atoms with Crippen molar-refractivity contribution in [2.75, 3.05) is 18.0 Å². The van der Waals surface area contributed by atoms with E-state index in [2.05, 4.69) is 9.88 Å². The fourth-order valence-electron chi connectivity index (χ4n) is 2.63. The average molecular weight is 279 g/mol. The van der Waals surface area contributed by atoms with Crippen LogP contribution in [-0.2, 0) is 0 Å². The predicted molar refractivity (Wildman–Crippen MR) is 80.8 cm³/mol. The van der Waals surface area contributed by atoms with Crippen molar-refractivity contribution in [3.05, 3.63) is 30.5 Å². The molecule has 1 fully saturated rings. The maximum atomic E-state index is 5.85. The molecule has 1 aliphatic rings. The molecule has 1 atom stereocenters. The van der Waals surface area contributed by atoms with E-state index in [0.29, 0.717) is 12.6 Å². The lowest BCUT2D eigenvalue weighted by atomic mass is 10.0. The van der Waals surface area contributed by atoms with E-state index < -0.39 is 0 Å². The molecule has 1 aromatic heterocycles. The van der Waals surface area contributed by atoms with Gasteiger partial charge in [-0.3, -0.25) is 4.98 Å². The first-order valence-corrected chi connectivity index (χ1v) is 6.57.